The Morgan fingerprint density at radius 1 is 1.00 bits per heavy atom. The topological polar surface area (TPSA) is 45.6 Å². The zero-order valence-electron chi connectivity index (χ0n) is 18.3. The highest BCUT2D eigenvalue weighted by atomic mass is 35.5. The standard InChI is InChI=1S/C27H29ClN2O2/c28-23-9-7-22(8-10-23)27(31)12-16-30(17-13-27)15-3-5-25-24-18-20-4-1-2-6-26(20)32-19-21(24)11-14-29-25/h1-2,4,6-11,14,31H,3,5,12-13,15-19H2. The molecule has 0 spiro atoms. The van der Waals surface area contributed by atoms with Crippen molar-refractivity contribution < 1.29 is 9.84 Å². The lowest BCUT2D eigenvalue weighted by atomic mass is 9.84. The van der Waals surface area contributed by atoms with E-state index in [4.69, 9.17) is 21.3 Å². The minimum absolute atomic E-state index is 0.608. The number of halogens is 1. The summed E-state index contributed by atoms with van der Waals surface area (Å²) in [5.74, 6) is 0.983. The summed E-state index contributed by atoms with van der Waals surface area (Å²) in [6.45, 7) is 3.44. The van der Waals surface area contributed by atoms with E-state index in [1.807, 2.05) is 36.5 Å². The van der Waals surface area contributed by atoms with Crippen LogP contribution < -0.4 is 4.74 Å². The van der Waals surface area contributed by atoms with Crippen molar-refractivity contribution in [3.63, 3.8) is 0 Å². The third kappa shape index (κ3) is 4.54. The molecule has 0 bridgehead atoms. The monoisotopic (exact) mass is 448 g/mol. The quantitative estimate of drug-likeness (QED) is 0.587. The molecule has 2 aliphatic rings. The molecule has 1 N–H and O–H groups in total. The number of benzene rings is 2. The molecule has 1 aromatic heterocycles. The fraction of sp³-hybridized carbons (Fsp3) is 0.370. The van der Waals surface area contributed by atoms with Crippen molar-refractivity contribution in [2.75, 3.05) is 19.6 Å². The molecular weight excluding hydrogens is 420 g/mol. The molecule has 0 unspecified atom stereocenters. The largest absolute Gasteiger partial charge is 0.489 e. The number of likely N-dealkylation sites (tertiary alicyclic amines) is 1. The molecule has 0 amide bonds. The molecule has 0 aliphatic carbocycles. The van der Waals surface area contributed by atoms with Crippen LogP contribution in [0, 0.1) is 0 Å². The molecular formula is C27H29ClN2O2. The van der Waals surface area contributed by atoms with Gasteiger partial charge in [-0.05, 0) is 78.7 Å². The number of para-hydroxylation sites is 1. The van der Waals surface area contributed by atoms with Gasteiger partial charge in [-0.15, -0.1) is 0 Å². The lowest BCUT2D eigenvalue weighted by Crippen LogP contribution is -2.42. The summed E-state index contributed by atoms with van der Waals surface area (Å²) < 4.78 is 6.03. The van der Waals surface area contributed by atoms with Crippen LogP contribution in [0.25, 0.3) is 0 Å². The molecule has 2 aliphatic heterocycles. The number of pyridine rings is 1. The van der Waals surface area contributed by atoms with Crippen molar-refractivity contribution >= 4 is 11.6 Å². The second-order valence-electron chi connectivity index (χ2n) is 8.95. The maximum absolute atomic E-state index is 11.1. The second-order valence-corrected chi connectivity index (χ2v) is 9.39. The lowest BCUT2D eigenvalue weighted by molar-refractivity contribution is -0.0259. The first kappa shape index (κ1) is 21.4. The first-order valence-corrected chi connectivity index (χ1v) is 11.9. The van der Waals surface area contributed by atoms with Gasteiger partial charge in [-0.3, -0.25) is 4.98 Å². The Morgan fingerprint density at radius 3 is 2.59 bits per heavy atom. The third-order valence-corrected chi connectivity index (χ3v) is 7.17. The normalized spacial score (nSPS) is 17.7. The van der Waals surface area contributed by atoms with E-state index in [0.717, 1.165) is 63.1 Å². The average Bonchev–Trinajstić information content (AvgIpc) is 3.01. The number of ether oxygens (including phenoxy) is 1. The van der Waals surface area contributed by atoms with Crippen LogP contribution in [0.2, 0.25) is 5.02 Å². The van der Waals surface area contributed by atoms with Gasteiger partial charge in [-0.2, -0.15) is 0 Å². The highest BCUT2D eigenvalue weighted by Crippen LogP contribution is 2.34. The minimum Gasteiger partial charge on any atom is -0.489 e. The molecule has 5 heteroatoms. The van der Waals surface area contributed by atoms with Crippen molar-refractivity contribution in [2.24, 2.45) is 0 Å². The summed E-state index contributed by atoms with van der Waals surface area (Å²) in [6, 6.07) is 18.0. The van der Waals surface area contributed by atoms with E-state index in [0.29, 0.717) is 11.6 Å². The van der Waals surface area contributed by atoms with Gasteiger partial charge in [0, 0.05) is 36.4 Å². The van der Waals surface area contributed by atoms with E-state index >= 15 is 0 Å². The Morgan fingerprint density at radius 2 is 1.78 bits per heavy atom. The summed E-state index contributed by atoms with van der Waals surface area (Å²) in [6.07, 6.45) is 6.32. The van der Waals surface area contributed by atoms with Crippen LogP contribution in [0.5, 0.6) is 5.75 Å². The maximum atomic E-state index is 11.1. The molecule has 0 radical (unpaired) electrons. The molecule has 32 heavy (non-hydrogen) atoms. The van der Waals surface area contributed by atoms with E-state index in [9.17, 15) is 5.11 Å². The van der Waals surface area contributed by atoms with Crippen LogP contribution in [0.4, 0.5) is 0 Å². The second kappa shape index (κ2) is 9.22. The number of piperidine rings is 1. The van der Waals surface area contributed by atoms with Crippen LogP contribution in [0.15, 0.2) is 60.8 Å². The summed E-state index contributed by atoms with van der Waals surface area (Å²) in [5, 5.41) is 11.8. The zero-order valence-corrected chi connectivity index (χ0v) is 19.0. The predicted octanol–water partition coefficient (Wildman–Crippen LogP) is 5.13. The molecule has 0 saturated carbocycles. The van der Waals surface area contributed by atoms with Gasteiger partial charge >= 0.3 is 0 Å². The SMILES string of the molecule is OC1(c2ccc(Cl)cc2)CCN(CCCc2nccc3c2Cc2ccccc2OC3)CC1. The van der Waals surface area contributed by atoms with Gasteiger partial charge < -0.3 is 14.7 Å². The number of aliphatic hydroxyl groups is 1. The number of fused-ring (bicyclic) bond motifs is 2. The van der Waals surface area contributed by atoms with Crippen LogP contribution in [-0.2, 0) is 25.0 Å². The number of aryl methyl sites for hydroxylation is 1. The van der Waals surface area contributed by atoms with Crippen molar-refractivity contribution in [2.45, 2.75) is 44.3 Å². The van der Waals surface area contributed by atoms with Crippen LogP contribution in [-0.4, -0.2) is 34.6 Å². The molecule has 2 aromatic carbocycles. The van der Waals surface area contributed by atoms with E-state index < -0.39 is 5.60 Å². The van der Waals surface area contributed by atoms with Gasteiger partial charge in [-0.1, -0.05) is 41.9 Å². The summed E-state index contributed by atoms with van der Waals surface area (Å²) >= 11 is 6.00. The number of nitrogens with zero attached hydrogens (tertiary/aromatic N) is 2. The van der Waals surface area contributed by atoms with Gasteiger partial charge in [0.1, 0.15) is 12.4 Å². The fourth-order valence-electron chi connectivity index (χ4n) is 4.95. The Bertz CT molecular complexity index is 1080. The Balaban J connectivity index is 1.18. The molecule has 3 heterocycles. The van der Waals surface area contributed by atoms with Crippen LogP contribution in [0.3, 0.4) is 0 Å². The zero-order chi connectivity index (χ0) is 22.0. The maximum Gasteiger partial charge on any atom is 0.123 e. The van der Waals surface area contributed by atoms with Gasteiger partial charge in [0.05, 0.1) is 5.60 Å². The van der Waals surface area contributed by atoms with E-state index in [2.05, 4.69) is 29.2 Å². The van der Waals surface area contributed by atoms with Gasteiger partial charge in [0.2, 0.25) is 0 Å². The van der Waals surface area contributed by atoms with Crippen LogP contribution >= 0.6 is 11.6 Å². The Hall–Kier alpha value is -2.40. The van der Waals surface area contributed by atoms with Crippen molar-refractivity contribution in [1.29, 1.82) is 0 Å². The van der Waals surface area contributed by atoms with Crippen molar-refractivity contribution in [3.05, 3.63) is 93.8 Å². The van der Waals surface area contributed by atoms with Crippen molar-refractivity contribution in [1.82, 2.24) is 9.88 Å². The predicted molar refractivity (Wildman–Crippen MR) is 127 cm³/mol. The highest BCUT2D eigenvalue weighted by molar-refractivity contribution is 6.30. The molecule has 0 atom stereocenters. The van der Waals surface area contributed by atoms with Crippen LogP contribution in [0.1, 0.15) is 47.2 Å². The summed E-state index contributed by atoms with van der Waals surface area (Å²) in [4.78, 5) is 7.20. The molecule has 166 valence electrons. The van der Waals surface area contributed by atoms with Gasteiger partial charge in [0.15, 0.2) is 0 Å². The molecule has 4 nitrogen and oxygen atoms in total. The molecule has 3 aromatic rings. The highest BCUT2D eigenvalue weighted by Gasteiger charge is 2.33. The molecule has 1 fully saturated rings. The minimum atomic E-state index is -0.743. The average molecular weight is 449 g/mol. The van der Waals surface area contributed by atoms with E-state index in [-0.39, 0.29) is 0 Å². The van der Waals surface area contributed by atoms with Gasteiger partial charge in [0.25, 0.3) is 0 Å². The molecule has 1 saturated heterocycles. The summed E-state index contributed by atoms with van der Waals surface area (Å²) in [7, 11) is 0. The number of aromatic nitrogens is 1. The lowest BCUT2D eigenvalue weighted by Gasteiger charge is -2.38. The fourth-order valence-corrected chi connectivity index (χ4v) is 5.08. The first-order chi connectivity index (χ1) is 15.6. The number of hydrogen-bond acceptors (Lipinski definition) is 4. The van der Waals surface area contributed by atoms with E-state index in [1.54, 1.807) is 0 Å². The smallest absolute Gasteiger partial charge is 0.123 e. The van der Waals surface area contributed by atoms with E-state index in [1.165, 1.54) is 22.4 Å². The number of hydrogen-bond donors (Lipinski definition) is 1. The van der Waals surface area contributed by atoms with Crippen molar-refractivity contribution in [3.8, 4) is 5.75 Å². The first-order valence-electron chi connectivity index (χ1n) is 11.5. The summed E-state index contributed by atoms with van der Waals surface area (Å²) in [5.41, 5.74) is 5.23. The number of rotatable bonds is 5. The Labute approximate surface area is 194 Å². The third-order valence-electron chi connectivity index (χ3n) is 6.92. The van der Waals surface area contributed by atoms with Gasteiger partial charge in [-0.25, -0.2) is 0 Å². The molecule has 5 rings (SSSR count). The Kier molecular flexibility index (Phi) is 6.18.